The largest absolute Gasteiger partial charge is 0.359 e. The maximum Gasteiger partial charge on any atom is 0.165 e. The molecule has 3 nitrogen and oxygen atoms in total. The summed E-state index contributed by atoms with van der Waals surface area (Å²) in [7, 11) is 1.62. The lowest BCUT2D eigenvalue weighted by Crippen LogP contribution is -2.30. The van der Waals surface area contributed by atoms with Gasteiger partial charge in [-0.25, -0.2) is 0 Å². The molecule has 0 aromatic carbocycles. The van der Waals surface area contributed by atoms with Crippen molar-refractivity contribution < 1.29 is 14.3 Å². The molecule has 0 radical (unpaired) electrons. The molecule has 94 valence electrons. The smallest absolute Gasteiger partial charge is 0.165 e. The highest BCUT2D eigenvalue weighted by Crippen LogP contribution is 2.57. The molecule has 2 atom stereocenters. The van der Waals surface area contributed by atoms with Crippen LogP contribution in [0, 0.1) is 10.8 Å². The Bertz CT molecular complexity index is 372. The molecular formula is C14H20O3. The predicted molar refractivity (Wildman–Crippen MR) is 65.5 cm³/mol. The molecule has 0 saturated heterocycles. The van der Waals surface area contributed by atoms with Gasteiger partial charge in [0, 0.05) is 7.11 Å². The molecule has 1 saturated carbocycles. The van der Waals surface area contributed by atoms with Gasteiger partial charge < -0.3 is 9.47 Å². The van der Waals surface area contributed by atoms with Crippen LogP contribution in [0.25, 0.3) is 0 Å². The van der Waals surface area contributed by atoms with Crippen molar-refractivity contribution in [1.29, 1.82) is 0 Å². The molecular weight excluding hydrogens is 216 g/mol. The average Bonchev–Trinajstić information content (AvgIpc) is 2.51. The van der Waals surface area contributed by atoms with Crippen molar-refractivity contribution in [1.82, 2.24) is 0 Å². The first kappa shape index (κ1) is 12.5. The van der Waals surface area contributed by atoms with Gasteiger partial charge in [0.05, 0.1) is 12.0 Å². The normalized spacial score (nSPS) is 35.6. The quantitative estimate of drug-likeness (QED) is 0.418. The van der Waals surface area contributed by atoms with Gasteiger partial charge in [-0.05, 0) is 37.7 Å². The Kier molecular flexibility index (Phi) is 3.23. The van der Waals surface area contributed by atoms with Gasteiger partial charge in [0.15, 0.2) is 5.78 Å². The second-order valence-corrected chi connectivity index (χ2v) is 5.41. The van der Waals surface area contributed by atoms with Crippen LogP contribution >= 0.6 is 0 Å². The number of hydrogen-bond acceptors (Lipinski definition) is 3. The standard InChI is InChI=1S/C14H20O3/c1-11-8-14(6-7-17-10-16-3)5-4-12(15)13(11,2)9-14/h4-5H,1,6-10H2,2-3H3/t13-,14-/m1/s1. The highest BCUT2D eigenvalue weighted by molar-refractivity contribution is 5.98. The fourth-order valence-electron chi connectivity index (χ4n) is 3.01. The van der Waals surface area contributed by atoms with Crippen molar-refractivity contribution in [3.63, 3.8) is 0 Å². The van der Waals surface area contributed by atoms with E-state index in [1.165, 1.54) is 0 Å². The summed E-state index contributed by atoms with van der Waals surface area (Å²) >= 11 is 0. The monoisotopic (exact) mass is 236 g/mol. The zero-order valence-electron chi connectivity index (χ0n) is 10.6. The Morgan fingerprint density at radius 3 is 3.00 bits per heavy atom. The van der Waals surface area contributed by atoms with Crippen LogP contribution in [0.1, 0.15) is 26.2 Å². The maximum atomic E-state index is 11.9. The number of carbonyl (C=O) groups is 1. The first-order chi connectivity index (χ1) is 8.02. The van der Waals surface area contributed by atoms with Gasteiger partial charge in [0.25, 0.3) is 0 Å². The molecule has 0 aliphatic heterocycles. The third kappa shape index (κ3) is 2.09. The van der Waals surface area contributed by atoms with Crippen LogP contribution in [0.4, 0.5) is 0 Å². The van der Waals surface area contributed by atoms with Crippen molar-refractivity contribution in [3.8, 4) is 0 Å². The molecule has 0 unspecified atom stereocenters. The van der Waals surface area contributed by atoms with E-state index in [-0.39, 0.29) is 16.6 Å². The molecule has 17 heavy (non-hydrogen) atoms. The number of methoxy groups -OCH3 is 1. The van der Waals surface area contributed by atoms with E-state index in [1.807, 2.05) is 6.92 Å². The maximum absolute atomic E-state index is 11.9. The fraction of sp³-hybridized carbons (Fsp3) is 0.643. The first-order valence-corrected chi connectivity index (χ1v) is 6.01. The minimum absolute atomic E-state index is 0.0769. The zero-order valence-corrected chi connectivity index (χ0v) is 10.6. The minimum Gasteiger partial charge on any atom is -0.359 e. The number of hydrogen-bond donors (Lipinski definition) is 0. The van der Waals surface area contributed by atoms with E-state index in [2.05, 4.69) is 12.7 Å². The lowest BCUT2D eigenvalue weighted by molar-refractivity contribution is -0.122. The number of carbonyl (C=O) groups excluding carboxylic acids is 1. The predicted octanol–water partition coefficient (Wildman–Crippen LogP) is 2.48. The lowest BCUT2D eigenvalue weighted by Gasteiger charge is -2.31. The van der Waals surface area contributed by atoms with Gasteiger partial charge in [-0.2, -0.15) is 0 Å². The second kappa shape index (κ2) is 4.39. The van der Waals surface area contributed by atoms with Crippen LogP contribution in [-0.4, -0.2) is 26.3 Å². The summed E-state index contributed by atoms with van der Waals surface area (Å²) in [6.07, 6.45) is 6.50. The SMILES string of the molecule is C=C1C[C@]2(CCOCOC)C=CC(=O)[C@]1(C)C2. The zero-order chi connectivity index (χ0) is 12.5. The molecule has 0 amide bonds. The molecule has 0 N–H and O–H groups in total. The number of ketones is 1. The first-order valence-electron chi connectivity index (χ1n) is 6.01. The van der Waals surface area contributed by atoms with Gasteiger partial charge in [-0.3, -0.25) is 4.79 Å². The Hall–Kier alpha value is -0.930. The number of ether oxygens (including phenoxy) is 2. The summed E-state index contributed by atoms with van der Waals surface area (Å²) in [5.74, 6) is 0.202. The molecule has 0 heterocycles. The van der Waals surface area contributed by atoms with Gasteiger partial charge in [0.1, 0.15) is 6.79 Å². The molecule has 2 aliphatic rings. The van der Waals surface area contributed by atoms with E-state index < -0.39 is 0 Å². The molecule has 0 aromatic heterocycles. The van der Waals surface area contributed by atoms with E-state index in [1.54, 1.807) is 13.2 Å². The number of rotatable bonds is 5. The van der Waals surface area contributed by atoms with Crippen molar-refractivity contribution in [2.75, 3.05) is 20.5 Å². The van der Waals surface area contributed by atoms with Crippen LogP contribution in [0.2, 0.25) is 0 Å². The highest BCUT2D eigenvalue weighted by atomic mass is 16.7. The van der Waals surface area contributed by atoms with Gasteiger partial charge >= 0.3 is 0 Å². The summed E-state index contributed by atoms with van der Waals surface area (Å²) in [6.45, 7) is 7.09. The molecule has 0 aromatic rings. The summed E-state index contributed by atoms with van der Waals surface area (Å²) in [5.41, 5.74) is 0.808. The van der Waals surface area contributed by atoms with Crippen LogP contribution in [0.5, 0.6) is 0 Å². The molecule has 2 rings (SSSR count). The summed E-state index contributed by atoms with van der Waals surface area (Å²) in [6, 6.07) is 0. The Morgan fingerprint density at radius 2 is 2.29 bits per heavy atom. The Balaban J connectivity index is 2.05. The van der Waals surface area contributed by atoms with E-state index in [0.717, 1.165) is 24.8 Å². The van der Waals surface area contributed by atoms with Crippen LogP contribution in [0.3, 0.4) is 0 Å². The lowest BCUT2D eigenvalue weighted by atomic mass is 9.72. The van der Waals surface area contributed by atoms with Crippen LogP contribution in [-0.2, 0) is 14.3 Å². The summed E-state index contributed by atoms with van der Waals surface area (Å²) < 4.78 is 10.2. The van der Waals surface area contributed by atoms with E-state index >= 15 is 0 Å². The average molecular weight is 236 g/mol. The highest BCUT2D eigenvalue weighted by Gasteiger charge is 2.52. The molecule has 0 spiro atoms. The summed E-state index contributed by atoms with van der Waals surface area (Å²) in [5, 5.41) is 0. The van der Waals surface area contributed by atoms with E-state index in [4.69, 9.17) is 9.47 Å². The summed E-state index contributed by atoms with van der Waals surface area (Å²) in [4.78, 5) is 11.9. The number of allylic oxidation sites excluding steroid dienone is 3. The van der Waals surface area contributed by atoms with Crippen molar-refractivity contribution in [3.05, 3.63) is 24.3 Å². The fourth-order valence-corrected chi connectivity index (χ4v) is 3.01. The second-order valence-electron chi connectivity index (χ2n) is 5.41. The molecule has 2 bridgehead atoms. The van der Waals surface area contributed by atoms with Crippen molar-refractivity contribution in [2.45, 2.75) is 26.2 Å². The minimum atomic E-state index is -0.337. The van der Waals surface area contributed by atoms with Gasteiger partial charge in [-0.15, -0.1) is 0 Å². The molecule has 3 heteroatoms. The van der Waals surface area contributed by atoms with E-state index in [9.17, 15) is 4.79 Å². The van der Waals surface area contributed by atoms with Gasteiger partial charge in [-0.1, -0.05) is 18.2 Å². The third-order valence-electron chi connectivity index (χ3n) is 4.13. The molecule has 2 aliphatic carbocycles. The van der Waals surface area contributed by atoms with Gasteiger partial charge in [0.2, 0.25) is 0 Å². The number of fused-ring (bicyclic) bond motifs is 2. The topological polar surface area (TPSA) is 35.5 Å². The van der Waals surface area contributed by atoms with Crippen molar-refractivity contribution in [2.24, 2.45) is 10.8 Å². The molecule has 1 fully saturated rings. The third-order valence-corrected chi connectivity index (χ3v) is 4.13. The Labute approximate surface area is 102 Å². The van der Waals surface area contributed by atoms with Crippen LogP contribution < -0.4 is 0 Å². The Morgan fingerprint density at radius 1 is 1.53 bits per heavy atom. The van der Waals surface area contributed by atoms with Crippen LogP contribution in [0.15, 0.2) is 24.3 Å². The van der Waals surface area contributed by atoms with Crippen molar-refractivity contribution >= 4 is 5.78 Å². The van der Waals surface area contributed by atoms with E-state index in [0.29, 0.717) is 13.4 Å².